The summed E-state index contributed by atoms with van der Waals surface area (Å²) in [6.07, 6.45) is 0. The molecule has 0 spiro atoms. The van der Waals surface area contributed by atoms with Gasteiger partial charge in [-0.25, -0.2) is 0 Å². The number of hydrogen-bond donors (Lipinski definition) is 2. The molecule has 0 bridgehead atoms. The van der Waals surface area contributed by atoms with Gasteiger partial charge in [-0.05, 0) is 13.0 Å². The van der Waals surface area contributed by atoms with Crippen LogP contribution < -0.4 is 9.80 Å². The minimum absolute atomic E-state index is 0.907. The highest BCUT2D eigenvalue weighted by Crippen LogP contribution is 2.13. The van der Waals surface area contributed by atoms with Crippen LogP contribution in [0.2, 0.25) is 5.02 Å². The molecule has 0 atom stereocenters. The minimum atomic E-state index is 0.907. The SMILES string of the molecule is Cc1ccc(C[NH+]2CC[NH+](Cc3ccccc3Cl)CC2)cc1. The summed E-state index contributed by atoms with van der Waals surface area (Å²) in [5.41, 5.74) is 4.07. The molecule has 1 fully saturated rings. The van der Waals surface area contributed by atoms with Crippen LogP contribution in [0, 0.1) is 6.92 Å². The zero-order chi connectivity index (χ0) is 15.4. The number of aryl methyl sites for hydroxylation is 1. The first kappa shape index (κ1) is 15.5. The van der Waals surface area contributed by atoms with Gasteiger partial charge >= 0.3 is 0 Å². The molecule has 3 heteroatoms. The average molecular weight is 317 g/mol. The van der Waals surface area contributed by atoms with Gasteiger partial charge in [-0.2, -0.15) is 0 Å². The van der Waals surface area contributed by atoms with Gasteiger partial charge in [0, 0.05) is 16.1 Å². The molecule has 0 radical (unpaired) electrons. The van der Waals surface area contributed by atoms with Gasteiger partial charge in [0.25, 0.3) is 0 Å². The van der Waals surface area contributed by atoms with Crippen molar-refractivity contribution in [1.82, 2.24) is 0 Å². The smallest absolute Gasteiger partial charge is 0.127 e. The topological polar surface area (TPSA) is 8.88 Å². The van der Waals surface area contributed by atoms with Crippen LogP contribution in [0.15, 0.2) is 48.5 Å². The summed E-state index contributed by atoms with van der Waals surface area (Å²) < 4.78 is 0. The minimum Gasteiger partial charge on any atom is -0.322 e. The molecular weight excluding hydrogens is 292 g/mol. The normalized spacial score (nSPS) is 21.7. The van der Waals surface area contributed by atoms with Gasteiger partial charge in [0.1, 0.15) is 39.3 Å². The fourth-order valence-corrected chi connectivity index (χ4v) is 3.42. The van der Waals surface area contributed by atoms with Crippen LogP contribution in [0.1, 0.15) is 16.7 Å². The van der Waals surface area contributed by atoms with Gasteiger partial charge < -0.3 is 9.80 Å². The van der Waals surface area contributed by atoms with E-state index < -0.39 is 0 Å². The Morgan fingerprint density at radius 1 is 0.818 bits per heavy atom. The predicted molar refractivity (Wildman–Crippen MR) is 91.4 cm³/mol. The summed E-state index contributed by atoms with van der Waals surface area (Å²) in [5, 5.41) is 0.907. The lowest BCUT2D eigenvalue weighted by Crippen LogP contribution is -3.27. The van der Waals surface area contributed by atoms with Crippen LogP contribution >= 0.6 is 11.6 Å². The number of quaternary nitrogens is 2. The first-order valence-corrected chi connectivity index (χ1v) is 8.54. The Morgan fingerprint density at radius 3 is 2.05 bits per heavy atom. The maximum absolute atomic E-state index is 6.27. The Balaban J connectivity index is 1.50. The summed E-state index contributed by atoms with van der Waals surface area (Å²) in [6.45, 7) is 9.30. The molecule has 2 N–H and O–H groups in total. The Bertz CT molecular complexity index is 601. The highest BCUT2D eigenvalue weighted by Gasteiger charge is 2.23. The van der Waals surface area contributed by atoms with Crippen molar-refractivity contribution in [1.29, 1.82) is 0 Å². The molecule has 2 aromatic carbocycles. The lowest BCUT2D eigenvalue weighted by atomic mass is 10.1. The van der Waals surface area contributed by atoms with Crippen LogP contribution in [0.4, 0.5) is 0 Å². The van der Waals surface area contributed by atoms with Crippen LogP contribution in [0.25, 0.3) is 0 Å². The predicted octanol–water partition coefficient (Wildman–Crippen LogP) is 1.13. The third-order valence-electron chi connectivity index (χ3n) is 4.64. The second-order valence-electron chi connectivity index (χ2n) is 6.43. The van der Waals surface area contributed by atoms with Gasteiger partial charge in [0.15, 0.2) is 0 Å². The highest BCUT2D eigenvalue weighted by molar-refractivity contribution is 6.31. The third-order valence-corrected chi connectivity index (χ3v) is 5.01. The number of hydrogen-bond acceptors (Lipinski definition) is 0. The van der Waals surface area contributed by atoms with Gasteiger partial charge in [-0.1, -0.05) is 59.6 Å². The van der Waals surface area contributed by atoms with Crippen molar-refractivity contribution in [2.45, 2.75) is 20.0 Å². The van der Waals surface area contributed by atoms with Crippen molar-refractivity contribution < 1.29 is 9.80 Å². The third kappa shape index (κ3) is 4.10. The molecule has 3 rings (SSSR count). The second kappa shape index (κ2) is 7.28. The fraction of sp³-hybridized carbons (Fsp3) is 0.368. The van der Waals surface area contributed by atoms with E-state index in [-0.39, 0.29) is 0 Å². The largest absolute Gasteiger partial charge is 0.322 e. The van der Waals surface area contributed by atoms with Gasteiger partial charge in [-0.15, -0.1) is 0 Å². The number of halogens is 1. The molecule has 0 unspecified atom stereocenters. The maximum Gasteiger partial charge on any atom is 0.127 e. The zero-order valence-corrected chi connectivity index (χ0v) is 14.0. The van der Waals surface area contributed by atoms with Crippen LogP contribution in [-0.2, 0) is 13.1 Å². The van der Waals surface area contributed by atoms with Crippen molar-refractivity contribution in [2.75, 3.05) is 26.2 Å². The maximum atomic E-state index is 6.27. The van der Waals surface area contributed by atoms with E-state index in [2.05, 4.69) is 43.3 Å². The van der Waals surface area contributed by atoms with Crippen molar-refractivity contribution in [3.8, 4) is 0 Å². The van der Waals surface area contributed by atoms with Gasteiger partial charge in [0.05, 0.1) is 0 Å². The van der Waals surface area contributed by atoms with Crippen molar-refractivity contribution in [3.63, 3.8) is 0 Å². The number of rotatable bonds is 4. The summed E-state index contributed by atoms with van der Waals surface area (Å²) in [7, 11) is 0. The molecule has 0 saturated carbocycles. The molecule has 1 saturated heterocycles. The summed E-state index contributed by atoms with van der Waals surface area (Å²) in [5.74, 6) is 0. The van der Waals surface area contributed by atoms with Gasteiger partial charge in [-0.3, -0.25) is 0 Å². The van der Waals surface area contributed by atoms with E-state index in [4.69, 9.17) is 11.6 Å². The molecule has 2 nitrogen and oxygen atoms in total. The van der Waals surface area contributed by atoms with Crippen LogP contribution in [-0.4, -0.2) is 26.2 Å². The Hall–Kier alpha value is -1.35. The number of nitrogens with one attached hydrogen (secondary N) is 2. The summed E-state index contributed by atoms with van der Waals surface area (Å²) in [4.78, 5) is 3.35. The standard InChI is InChI=1S/C19H23ClN2/c1-16-6-8-17(9-7-16)14-21-10-12-22(13-11-21)15-18-4-2-3-5-19(18)20/h2-9H,10-15H2,1H3/p+2. The second-order valence-corrected chi connectivity index (χ2v) is 6.84. The van der Waals surface area contributed by atoms with E-state index in [9.17, 15) is 0 Å². The molecule has 1 heterocycles. The fourth-order valence-electron chi connectivity index (χ4n) is 3.22. The molecule has 22 heavy (non-hydrogen) atoms. The van der Waals surface area contributed by atoms with E-state index in [1.807, 2.05) is 12.1 Å². The molecule has 0 aliphatic carbocycles. The number of piperazine rings is 1. The molecule has 0 amide bonds. The van der Waals surface area contributed by atoms with Crippen LogP contribution in [0.5, 0.6) is 0 Å². The quantitative estimate of drug-likeness (QED) is 0.837. The van der Waals surface area contributed by atoms with Crippen molar-refractivity contribution in [3.05, 3.63) is 70.2 Å². The zero-order valence-electron chi connectivity index (χ0n) is 13.2. The first-order chi connectivity index (χ1) is 10.7. The van der Waals surface area contributed by atoms with Crippen LogP contribution in [0.3, 0.4) is 0 Å². The first-order valence-electron chi connectivity index (χ1n) is 8.17. The lowest BCUT2D eigenvalue weighted by Gasteiger charge is -2.30. The van der Waals surface area contributed by atoms with E-state index in [0.29, 0.717) is 0 Å². The van der Waals surface area contributed by atoms with Gasteiger partial charge in [0.2, 0.25) is 0 Å². The number of benzene rings is 2. The van der Waals surface area contributed by atoms with Crippen molar-refractivity contribution in [2.24, 2.45) is 0 Å². The Labute approximate surface area is 138 Å². The van der Waals surface area contributed by atoms with E-state index in [0.717, 1.165) is 18.1 Å². The molecule has 1 aliphatic rings. The monoisotopic (exact) mass is 316 g/mol. The molecule has 1 aliphatic heterocycles. The van der Waals surface area contributed by atoms with E-state index in [1.54, 1.807) is 9.80 Å². The molecule has 0 aromatic heterocycles. The summed E-state index contributed by atoms with van der Waals surface area (Å²) in [6, 6.07) is 17.2. The van der Waals surface area contributed by atoms with E-state index in [1.165, 1.54) is 42.9 Å². The van der Waals surface area contributed by atoms with E-state index >= 15 is 0 Å². The summed E-state index contributed by atoms with van der Waals surface area (Å²) >= 11 is 6.27. The highest BCUT2D eigenvalue weighted by atomic mass is 35.5. The lowest BCUT2D eigenvalue weighted by molar-refractivity contribution is -1.02. The molecule has 2 aromatic rings. The molecule has 116 valence electrons. The molecular formula is C19H25ClN2+2. The Kier molecular flexibility index (Phi) is 5.14. The Morgan fingerprint density at radius 2 is 1.41 bits per heavy atom. The average Bonchev–Trinajstić information content (AvgIpc) is 2.54. The van der Waals surface area contributed by atoms with Crippen molar-refractivity contribution >= 4 is 11.6 Å².